The summed E-state index contributed by atoms with van der Waals surface area (Å²) in [7, 11) is 0. The molecule has 2 saturated carbocycles. The molecule has 112 valence electrons. The van der Waals surface area contributed by atoms with E-state index in [1.807, 2.05) is 11.3 Å². The summed E-state index contributed by atoms with van der Waals surface area (Å²) < 4.78 is 0. The SMILES string of the molecule is Cc1nc(C2(NC3CC3)CC(C)CC(C)(C)C2)sc1C. The van der Waals surface area contributed by atoms with Crippen LogP contribution in [-0.4, -0.2) is 11.0 Å². The summed E-state index contributed by atoms with van der Waals surface area (Å²) in [6.45, 7) is 11.6. The number of hydrogen-bond donors (Lipinski definition) is 1. The van der Waals surface area contributed by atoms with Crippen LogP contribution >= 0.6 is 11.3 Å². The maximum absolute atomic E-state index is 4.94. The molecule has 2 atom stereocenters. The van der Waals surface area contributed by atoms with Gasteiger partial charge in [0.05, 0.1) is 11.2 Å². The fraction of sp³-hybridized carbons (Fsp3) is 0.824. The number of aromatic nitrogens is 1. The summed E-state index contributed by atoms with van der Waals surface area (Å²) in [5, 5.41) is 5.34. The molecule has 0 saturated heterocycles. The molecule has 0 aromatic carbocycles. The molecule has 0 aliphatic heterocycles. The van der Waals surface area contributed by atoms with Crippen molar-refractivity contribution in [3.8, 4) is 0 Å². The zero-order valence-electron chi connectivity index (χ0n) is 13.5. The molecule has 2 fully saturated rings. The van der Waals surface area contributed by atoms with Crippen LogP contribution in [0, 0.1) is 25.2 Å². The molecule has 0 amide bonds. The summed E-state index contributed by atoms with van der Waals surface area (Å²) in [6.07, 6.45) is 6.51. The van der Waals surface area contributed by atoms with Crippen molar-refractivity contribution in [3.63, 3.8) is 0 Å². The zero-order valence-corrected chi connectivity index (χ0v) is 14.4. The first kappa shape index (κ1) is 14.5. The number of aryl methyl sites for hydroxylation is 2. The highest BCUT2D eigenvalue weighted by Gasteiger charge is 2.48. The second-order valence-corrected chi connectivity index (χ2v) is 9.22. The Labute approximate surface area is 127 Å². The van der Waals surface area contributed by atoms with Gasteiger partial charge in [0.2, 0.25) is 0 Å². The average molecular weight is 292 g/mol. The van der Waals surface area contributed by atoms with Crippen LogP contribution in [0.25, 0.3) is 0 Å². The third-order valence-electron chi connectivity index (χ3n) is 4.87. The van der Waals surface area contributed by atoms with E-state index in [-0.39, 0.29) is 5.54 Å². The molecule has 1 aromatic rings. The summed E-state index contributed by atoms with van der Waals surface area (Å²) in [6, 6.07) is 0.737. The van der Waals surface area contributed by atoms with E-state index in [1.165, 1.54) is 47.7 Å². The molecular formula is C17H28N2S. The standard InChI is InChI=1S/C17H28N2S/c1-11-8-16(4,5)10-17(9-11,19-14-6-7-14)15-18-12(2)13(3)20-15/h11,14,19H,6-10H2,1-5H3. The van der Waals surface area contributed by atoms with E-state index < -0.39 is 0 Å². The molecule has 2 aliphatic carbocycles. The minimum Gasteiger partial charge on any atom is -0.303 e. The number of rotatable bonds is 3. The molecule has 0 spiro atoms. The van der Waals surface area contributed by atoms with Crippen LogP contribution in [0.3, 0.4) is 0 Å². The largest absolute Gasteiger partial charge is 0.303 e. The Bertz CT molecular complexity index is 478. The summed E-state index contributed by atoms with van der Waals surface area (Å²) in [5.41, 5.74) is 1.76. The van der Waals surface area contributed by atoms with Crippen LogP contribution in [0.1, 0.15) is 68.5 Å². The van der Waals surface area contributed by atoms with E-state index in [2.05, 4.69) is 39.9 Å². The maximum Gasteiger partial charge on any atom is 0.113 e. The highest BCUT2D eigenvalue weighted by Crippen LogP contribution is 2.50. The van der Waals surface area contributed by atoms with Gasteiger partial charge < -0.3 is 5.32 Å². The highest BCUT2D eigenvalue weighted by atomic mass is 32.1. The molecule has 2 nitrogen and oxygen atoms in total. The molecule has 1 aromatic heterocycles. The lowest BCUT2D eigenvalue weighted by Crippen LogP contribution is -2.51. The van der Waals surface area contributed by atoms with Gasteiger partial charge in [-0.3, -0.25) is 0 Å². The van der Waals surface area contributed by atoms with Crippen LogP contribution in [0.2, 0.25) is 0 Å². The first-order valence-corrected chi connectivity index (χ1v) is 8.84. The molecular weight excluding hydrogens is 264 g/mol. The monoisotopic (exact) mass is 292 g/mol. The van der Waals surface area contributed by atoms with Crippen LogP contribution in [-0.2, 0) is 5.54 Å². The van der Waals surface area contributed by atoms with Gasteiger partial charge in [0.15, 0.2) is 0 Å². The van der Waals surface area contributed by atoms with Gasteiger partial charge in [-0.25, -0.2) is 4.98 Å². The maximum atomic E-state index is 4.94. The van der Waals surface area contributed by atoms with Gasteiger partial charge in [0, 0.05) is 10.9 Å². The van der Waals surface area contributed by atoms with Gasteiger partial charge in [0.1, 0.15) is 5.01 Å². The molecule has 0 bridgehead atoms. The van der Waals surface area contributed by atoms with Crippen molar-refractivity contribution >= 4 is 11.3 Å². The lowest BCUT2D eigenvalue weighted by molar-refractivity contribution is 0.0778. The summed E-state index contributed by atoms with van der Waals surface area (Å²) in [4.78, 5) is 6.33. The van der Waals surface area contributed by atoms with Gasteiger partial charge >= 0.3 is 0 Å². The third-order valence-corrected chi connectivity index (χ3v) is 6.15. The van der Waals surface area contributed by atoms with Crippen molar-refractivity contribution in [2.75, 3.05) is 0 Å². The average Bonchev–Trinajstić information content (AvgIpc) is 3.02. The van der Waals surface area contributed by atoms with E-state index in [9.17, 15) is 0 Å². The molecule has 0 radical (unpaired) electrons. The number of hydrogen-bond acceptors (Lipinski definition) is 3. The van der Waals surface area contributed by atoms with Crippen LogP contribution in [0.5, 0.6) is 0 Å². The number of nitrogens with zero attached hydrogens (tertiary/aromatic N) is 1. The second-order valence-electron chi connectivity index (χ2n) is 8.02. The lowest BCUT2D eigenvalue weighted by Gasteiger charge is -2.47. The minimum atomic E-state index is 0.131. The minimum absolute atomic E-state index is 0.131. The topological polar surface area (TPSA) is 24.9 Å². The number of nitrogens with one attached hydrogen (secondary N) is 1. The Morgan fingerprint density at radius 2 is 1.90 bits per heavy atom. The van der Waals surface area contributed by atoms with E-state index in [1.54, 1.807) is 0 Å². The fourth-order valence-electron chi connectivity index (χ4n) is 4.20. The second kappa shape index (κ2) is 4.81. The Balaban J connectivity index is 1.98. The third kappa shape index (κ3) is 2.80. The van der Waals surface area contributed by atoms with Crippen LogP contribution < -0.4 is 5.32 Å². The lowest BCUT2D eigenvalue weighted by atomic mass is 9.64. The molecule has 1 N–H and O–H groups in total. The molecule has 2 unspecified atom stereocenters. The van der Waals surface area contributed by atoms with Crippen molar-refractivity contribution in [3.05, 3.63) is 15.6 Å². The Morgan fingerprint density at radius 3 is 2.40 bits per heavy atom. The summed E-state index contributed by atoms with van der Waals surface area (Å²) in [5.74, 6) is 0.773. The van der Waals surface area contributed by atoms with Gasteiger partial charge in [-0.15, -0.1) is 11.3 Å². The number of thiazole rings is 1. The Hall–Kier alpha value is -0.410. The van der Waals surface area contributed by atoms with Gasteiger partial charge in [-0.1, -0.05) is 20.8 Å². The molecule has 3 heteroatoms. The van der Waals surface area contributed by atoms with Crippen molar-refractivity contribution in [2.24, 2.45) is 11.3 Å². The molecule has 20 heavy (non-hydrogen) atoms. The van der Waals surface area contributed by atoms with E-state index in [0.717, 1.165) is 12.0 Å². The van der Waals surface area contributed by atoms with E-state index in [4.69, 9.17) is 4.98 Å². The highest BCUT2D eigenvalue weighted by molar-refractivity contribution is 7.11. The van der Waals surface area contributed by atoms with Crippen molar-refractivity contribution in [1.82, 2.24) is 10.3 Å². The normalized spacial score (nSPS) is 33.4. The van der Waals surface area contributed by atoms with Gasteiger partial charge in [0.25, 0.3) is 0 Å². The van der Waals surface area contributed by atoms with Crippen LogP contribution in [0.4, 0.5) is 0 Å². The molecule has 2 aliphatic rings. The quantitative estimate of drug-likeness (QED) is 0.884. The van der Waals surface area contributed by atoms with E-state index >= 15 is 0 Å². The molecule has 1 heterocycles. The van der Waals surface area contributed by atoms with Crippen molar-refractivity contribution in [1.29, 1.82) is 0 Å². The Kier molecular flexibility index (Phi) is 3.49. The molecule has 3 rings (SSSR count). The first-order valence-electron chi connectivity index (χ1n) is 8.02. The van der Waals surface area contributed by atoms with Crippen molar-refractivity contribution < 1.29 is 0 Å². The fourth-order valence-corrected chi connectivity index (χ4v) is 5.28. The van der Waals surface area contributed by atoms with Gasteiger partial charge in [-0.05, 0) is 57.3 Å². The predicted octanol–water partition coefficient (Wildman–Crippen LogP) is 4.55. The van der Waals surface area contributed by atoms with Crippen LogP contribution in [0.15, 0.2) is 0 Å². The Morgan fingerprint density at radius 1 is 1.20 bits per heavy atom. The van der Waals surface area contributed by atoms with Gasteiger partial charge in [-0.2, -0.15) is 0 Å². The van der Waals surface area contributed by atoms with E-state index in [0.29, 0.717) is 5.41 Å². The zero-order chi connectivity index (χ0) is 14.5. The first-order chi connectivity index (χ1) is 9.30. The smallest absolute Gasteiger partial charge is 0.113 e. The summed E-state index contributed by atoms with van der Waals surface area (Å²) >= 11 is 1.92. The predicted molar refractivity (Wildman–Crippen MR) is 86.2 cm³/mol. The van der Waals surface area contributed by atoms with Crippen molar-refractivity contribution in [2.45, 2.75) is 78.3 Å².